The number of nitrogens with zero attached hydrogens (tertiary/aromatic N) is 1. The molecule has 4 atom stereocenters. The van der Waals surface area contributed by atoms with Crippen molar-refractivity contribution in [2.45, 2.75) is 82.9 Å². The third-order valence-corrected chi connectivity index (χ3v) is 10.0. The third kappa shape index (κ3) is 2.92. The highest BCUT2D eigenvalue weighted by Crippen LogP contribution is 2.43. The number of ether oxygens (including phenoxy) is 3. The molecule has 0 saturated carbocycles. The Kier molecular flexibility index (Phi) is 3.87. The van der Waals surface area contributed by atoms with Crippen LogP contribution in [0.2, 0.25) is 18.1 Å². The van der Waals surface area contributed by atoms with Crippen molar-refractivity contribution in [3.05, 3.63) is 0 Å². The van der Waals surface area contributed by atoms with Gasteiger partial charge in [-0.05, 0) is 32.0 Å². The molecule has 1 amide bonds. The standard InChI is InChI=1S/C16H29NO5Si/c1-15(2,3)23(6,7)22-12-10-9-19-14(18)17(10)8-11-13(12)21-16(4,5)20-11/h10-13H,8-9H2,1-7H3/t10-,11-,12+,13+/m0/s1. The van der Waals surface area contributed by atoms with E-state index in [1.54, 1.807) is 4.90 Å². The quantitative estimate of drug-likeness (QED) is 0.722. The van der Waals surface area contributed by atoms with Gasteiger partial charge in [0.05, 0.1) is 18.7 Å². The third-order valence-electron chi connectivity index (χ3n) is 5.55. The lowest BCUT2D eigenvalue weighted by molar-refractivity contribution is -0.153. The smallest absolute Gasteiger partial charge is 0.410 e. The van der Waals surface area contributed by atoms with Crippen molar-refractivity contribution in [2.75, 3.05) is 13.2 Å². The number of fused-ring (bicyclic) bond motifs is 2. The topological polar surface area (TPSA) is 57.2 Å². The molecule has 0 aromatic carbocycles. The van der Waals surface area contributed by atoms with Crippen LogP contribution < -0.4 is 0 Å². The number of hydrogen-bond acceptors (Lipinski definition) is 5. The summed E-state index contributed by atoms with van der Waals surface area (Å²) in [4.78, 5) is 13.8. The summed E-state index contributed by atoms with van der Waals surface area (Å²) < 4.78 is 24.1. The van der Waals surface area contributed by atoms with Gasteiger partial charge in [0.15, 0.2) is 14.1 Å². The summed E-state index contributed by atoms with van der Waals surface area (Å²) in [6.45, 7) is 15.8. The molecule has 23 heavy (non-hydrogen) atoms. The minimum atomic E-state index is -2.01. The first kappa shape index (κ1) is 17.2. The molecule has 0 aromatic heterocycles. The molecule has 3 aliphatic rings. The minimum absolute atomic E-state index is 0.0865. The Bertz CT molecular complexity index is 501. The van der Waals surface area contributed by atoms with E-state index in [1.807, 2.05) is 13.8 Å². The van der Waals surface area contributed by atoms with Gasteiger partial charge in [-0.2, -0.15) is 0 Å². The average molecular weight is 343 g/mol. The van der Waals surface area contributed by atoms with Gasteiger partial charge >= 0.3 is 6.09 Å². The van der Waals surface area contributed by atoms with Gasteiger partial charge in [-0.1, -0.05) is 20.8 Å². The maximum Gasteiger partial charge on any atom is 0.410 e. The van der Waals surface area contributed by atoms with E-state index < -0.39 is 14.1 Å². The number of carbonyl (C=O) groups excluding carboxylic acids is 1. The first-order chi connectivity index (χ1) is 10.4. The van der Waals surface area contributed by atoms with Gasteiger partial charge in [-0.3, -0.25) is 4.90 Å². The Balaban J connectivity index is 1.89. The second kappa shape index (κ2) is 5.18. The fourth-order valence-corrected chi connectivity index (χ4v) is 4.63. The van der Waals surface area contributed by atoms with Crippen molar-refractivity contribution in [3.63, 3.8) is 0 Å². The molecule has 3 fully saturated rings. The van der Waals surface area contributed by atoms with Crippen molar-refractivity contribution < 1.29 is 23.4 Å². The van der Waals surface area contributed by atoms with E-state index in [-0.39, 0.29) is 35.5 Å². The van der Waals surface area contributed by atoms with Crippen molar-refractivity contribution in [1.82, 2.24) is 4.90 Å². The van der Waals surface area contributed by atoms with E-state index in [4.69, 9.17) is 18.6 Å². The predicted octanol–water partition coefficient (Wildman–Crippen LogP) is 2.73. The molecule has 0 unspecified atom stereocenters. The summed E-state index contributed by atoms with van der Waals surface area (Å²) >= 11 is 0. The second-order valence-electron chi connectivity index (χ2n) is 8.78. The lowest BCUT2D eigenvalue weighted by Crippen LogP contribution is -2.63. The summed E-state index contributed by atoms with van der Waals surface area (Å²) in [5, 5.41) is 0.0865. The van der Waals surface area contributed by atoms with Crippen LogP contribution in [0.5, 0.6) is 0 Å². The summed E-state index contributed by atoms with van der Waals surface area (Å²) in [5.74, 6) is -0.645. The second-order valence-corrected chi connectivity index (χ2v) is 13.5. The molecule has 132 valence electrons. The van der Waals surface area contributed by atoms with Crippen LogP contribution in [0.25, 0.3) is 0 Å². The van der Waals surface area contributed by atoms with Gasteiger partial charge < -0.3 is 18.6 Å². The molecule has 3 rings (SSSR count). The summed E-state index contributed by atoms with van der Waals surface area (Å²) in [6, 6.07) is -0.0876. The highest BCUT2D eigenvalue weighted by Gasteiger charge is 2.58. The lowest BCUT2D eigenvalue weighted by atomic mass is 9.95. The number of piperidine rings is 1. The molecule has 7 heteroatoms. The largest absolute Gasteiger partial charge is 0.447 e. The highest BCUT2D eigenvalue weighted by molar-refractivity contribution is 6.74. The first-order valence-corrected chi connectivity index (χ1v) is 11.3. The molecule has 0 N–H and O–H groups in total. The molecule has 0 aromatic rings. The first-order valence-electron chi connectivity index (χ1n) is 8.38. The molecule has 3 aliphatic heterocycles. The van der Waals surface area contributed by atoms with Crippen LogP contribution in [-0.2, 0) is 18.6 Å². The molecule has 6 nitrogen and oxygen atoms in total. The van der Waals surface area contributed by atoms with E-state index in [0.29, 0.717) is 13.2 Å². The molecular weight excluding hydrogens is 314 g/mol. The Hall–Kier alpha value is -0.633. The maximum absolute atomic E-state index is 12.0. The van der Waals surface area contributed by atoms with Crippen molar-refractivity contribution in [3.8, 4) is 0 Å². The number of hydrogen-bond donors (Lipinski definition) is 0. The van der Waals surface area contributed by atoms with Gasteiger partial charge in [0.1, 0.15) is 18.8 Å². The highest BCUT2D eigenvalue weighted by atomic mass is 28.4. The van der Waals surface area contributed by atoms with Gasteiger partial charge in [-0.25, -0.2) is 4.79 Å². The monoisotopic (exact) mass is 343 g/mol. The normalized spacial score (nSPS) is 36.7. The van der Waals surface area contributed by atoms with Crippen LogP contribution in [-0.4, -0.2) is 62.6 Å². The average Bonchev–Trinajstić information content (AvgIpc) is 2.87. The summed E-state index contributed by atoms with van der Waals surface area (Å²) in [5.41, 5.74) is 0. The van der Waals surface area contributed by atoms with Gasteiger partial charge in [-0.15, -0.1) is 0 Å². The fourth-order valence-electron chi connectivity index (χ4n) is 3.31. The van der Waals surface area contributed by atoms with Crippen LogP contribution in [0.1, 0.15) is 34.6 Å². The predicted molar refractivity (Wildman–Crippen MR) is 87.7 cm³/mol. The number of carbonyl (C=O) groups is 1. The molecule has 0 spiro atoms. The Morgan fingerprint density at radius 1 is 1.26 bits per heavy atom. The molecule has 0 bridgehead atoms. The minimum Gasteiger partial charge on any atom is -0.447 e. The van der Waals surface area contributed by atoms with Crippen LogP contribution in [0.15, 0.2) is 0 Å². The van der Waals surface area contributed by atoms with Crippen LogP contribution in [0.3, 0.4) is 0 Å². The fraction of sp³-hybridized carbons (Fsp3) is 0.938. The Morgan fingerprint density at radius 2 is 1.91 bits per heavy atom. The lowest BCUT2D eigenvalue weighted by Gasteiger charge is -2.46. The Morgan fingerprint density at radius 3 is 2.52 bits per heavy atom. The maximum atomic E-state index is 12.0. The van der Waals surface area contributed by atoms with E-state index in [2.05, 4.69) is 33.9 Å². The van der Waals surface area contributed by atoms with Crippen LogP contribution in [0.4, 0.5) is 4.79 Å². The van der Waals surface area contributed by atoms with Crippen molar-refractivity contribution in [2.24, 2.45) is 0 Å². The van der Waals surface area contributed by atoms with E-state index in [9.17, 15) is 4.79 Å². The summed E-state index contributed by atoms with van der Waals surface area (Å²) in [7, 11) is -2.01. The van der Waals surface area contributed by atoms with E-state index >= 15 is 0 Å². The van der Waals surface area contributed by atoms with Crippen molar-refractivity contribution in [1.29, 1.82) is 0 Å². The van der Waals surface area contributed by atoms with E-state index in [1.165, 1.54) is 0 Å². The molecule has 3 saturated heterocycles. The Labute approximate surface area is 139 Å². The molecular formula is C16H29NO5Si. The van der Waals surface area contributed by atoms with Gasteiger partial charge in [0.2, 0.25) is 0 Å². The molecule has 0 aliphatic carbocycles. The molecule has 3 heterocycles. The number of rotatable bonds is 2. The van der Waals surface area contributed by atoms with Crippen LogP contribution in [0, 0.1) is 0 Å². The zero-order chi connectivity index (χ0) is 17.2. The van der Waals surface area contributed by atoms with Crippen molar-refractivity contribution >= 4 is 14.4 Å². The SMILES string of the molecule is CC1(C)O[C@H]2[C@H](O[Si](C)(C)C(C)(C)C)[C@@H]3COC(=O)N3C[C@@H]2O1. The molecule has 0 radical (unpaired) electrons. The zero-order valence-corrected chi connectivity index (χ0v) is 16.2. The summed E-state index contributed by atoms with van der Waals surface area (Å²) in [6.07, 6.45) is -0.801. The number of amides is 1. The van der Waals surface area contributed by atoms with Gasteiger partial charge in [0, 0.05) is 0 Å². The zero-order valence-electron chi connectivity index (χ0n) is 15.2. The number of cyclic esters (lactones) is 1. The van der Waals surface area contributed by atoms with E-state index in [0.717, 1.165) is 0 Å². The van der Waals surface area contributed by atoms with Gasteiger partial charge in [0.25, 0.3) is 0 Å². The van der Waals surface area contributed by atoms with Crippen LogP contribution >= 0.6 is 0 Å².